The first-order chi connectivity index (χ1) is 15.5. The quantitative estimate of drug-likeness (QED) is 0.470. The van der Waals surface area contributed by atoms with E-state index in [1.54, 1.807) is 10.7 Å². The molecule has 0 radical (unpaired) electrons. The summed E-state index contributed by atoms with van der Waals surface area (Å²) in [5.74, 6) is 0.697. The topological polar surface area (TPSA) is 110 Å². The molecule has 9 heteroatoms. The van der Waals surface area contributed by atoms with Crippen molar-refractivity contribution in [2.75, 3.05) is 18.1 Å². The molecule has 2 aromatic carbocycles. The number of imidazole rings is 1. The van der Waals surface area contributed by atoms with Crippen LogP contribution in [0, 0.1) is 0 Å². The van der Waals surface area contributed by atoms with Crippen LogP contribution in [-0.2, 0) is 16.3 Å². The number of hydrogen-bond acceptors (Lipinski definition) is 5. The molecule has 1 atom stereocenters. The van der Waals surface area contributed by atoms with Crippen LogP contribution in [0.3, 0.4) is 0 Å². The maximum Gasteiger partial charge on any atom is 0.271 e. The molecule has 0 saturated carbocycles. The number of rotatable bonds is 6. The Labute approximate surface area is 185 Å². The highest BCUT2D eigenvalue weighted by molar-refractivity contribution is 7.91. The monoisotopic (exact) mass is 449 g/mol. The number of hydrogen-bond donors (Lipinski definition) is 2. The van der Waals surface area contributed by atoms with Crippen LogP contribution in [0.1, 0.15) is 28.8 Å². The van der Waals surface area contributed by atoms with Crippen molar-refractivity contribution in [2.45, 2.75) is 18.9 Å². The summed E-state index contributed by atoms with van der Waals surface area (Å²) in [6, 6.07) is 18.8. The van der Waals surface area contributed by atoms with Crippen molar-refractivity contribution < 1.29 is 13.2 Å². The lowest BCUT2D eigenvalue weighted by Crippen LogP contribution is -2.26. The largest absolute Gasteiger partial charge is 0.350 e. The summed E-state index contributed by atoms with van der Waals surface area (Å²) in [6.45, 7) is 0.407. The summed E-state index contributed by atoms with van der Waals surface area (Å²) in [7, 11) is -3.08. The van der Waals surface area contributed by atoms with Crippen molar-refractivity contribution in [2.24, 2.45) is 0 Å². The van der Waals surface area contributed by atoms with Crippen molar-refractivity contribution in [3.63, 3.8) is 0 Å². The molecule has 32 heavy (non-hydrogen) atoms. The SMILES string of the molecule is O=C(NCCc1nc2ccccc2[nH]1)c1cc(-c2ccccc2)n(C2CCS(=O)(=O)C2)n1. The van der Waals surface area contributed by atoms with Crippen molar-refractivity contribution in [1.82, 2.24) is 25.1 Å². The summed E-state index contributed by atoms with van der Waals surface area (Å²) in [5, 5.41) is 7.41. The van der Waals surface area contributed by atoms with Crippen LogP contribution in [0.2, 0.25) is 0 Å². The third-order valence-electron chi connectivity index (χ3n) is 5.68. The molecule has 5 rings (SSSR count). The first-order valence-electron chi connectivity index (χ1n) is 10.6. The van der Waals surface area contributed by atoms with Crippen LogP contribution in [0.25, 0.3) is 22.3 Å². The van der Waals surface area contributed by atoms with Crippen LogP contribution < -0.4 is 5.32 Å². The van der Waals surface area contributed by atoms with E-state index in [0.29, 0.717) is 19.4 Å². The molecule has 2 N–H and O–H groups in total. The van der Waals surface area contributed by atoms with Crippen LogP contribution in [-0.4, -0.2) is 52.1 Å². The number of aromatic amines is 1. The maximum absolute atomic E-state index is 12.8. The van der Waals surface area contributed by atoms with Gasteiger partial charge in [-0.25, -0.2) is 13.4 Å². The number of carbonyl (C=O) groups is 1. The lowest BCUT2D eigenvalue weighted by Gasteiger charge is -2.13. The Morgan fingerprint density at radius 2 is 1.91 bits per heavy atom. The fraction of sp³-hybridized carbons (Fsp3) is 0.261. The average Bonchev–Trinajstić information content (AvgIpc) is 3.50. The zero-order valence-corrected chi connectivity index (χ0v) is 18.2. The molecule has 1 aliphatic rings. The number of amides is 1. The van der Waals surface area contributed by atoms with Gasteiger partial charge in [0.25, 0.3) is 5.91 Å². The van der Waals surface area contributed by atoms with Gasteiger partial charge in [-0.05, 0) is 30.2 Å². The van der Waals surface area contributed by atoms with E-state index in [1.807, 2.05) is 54.6 Å². The minimum atomic E-state index is -3.08. The third kappa shape index (κ3) is 4.16. The Morgan fingerprint density at radius 3 is 2.66 bits per heavy atom. The molecule has 0 spiro atoms. The van der Waals surface area contributed by atoms with Gasteiger partial charge >= 0.3 is 0 Å². The van der Waals surface area contributed by atoms with Crippen LogP contribution in [0.5, 0.6) is 0 Å². The van der Waals surface area contributed by atoms with E-state index in [1.165, 1.54) is 0 Å². The second kappa shape index (κ2) is 8.23. The van der Waals surface area contributed by atoms with Crippen LogP contribution >= 0.6 is 0 Å². The van der Waals surface area contributed by atoms with E-state index >= 15 is 0 Å². The number of carbonyl (C=O) groups excluding carboxylic acids is 1. The van der Waals surface area contributed by atoms with E-state index in [9.17, 15) is 13.2 Å². The Morgan fingerprint density at radius 1 is 1.12 bits per heavy atom. The molecule has 2 aromatic heterocycles. The second-order valence-electron chi connectivity index (χ2n) is 7.99. The van der Waals surface area contributed by atoms with Crippen molar-refractivity contribution in [3.05, 3.63) is 72.2 Å². The van der Waals surface area contributed by atoms with Gasteiger partial charge in [-0.1, -0.05) is 42.5 Å². The molecule has 3 heterocycles. The summed E-state index contributed by atoms with van der Waals surface area (Å²) in [5.41, 5.74) is 3.77. The Bertz CT molecular complexity index is 1340. The number of aromatic nitrogens is 4. The van der Waals surface area contributed by atoms with Gasteiger partial charge in [0, 0.05) is 13.0 Å². The summed E-state index contributed by atoms with van der Waals surface area (Å²) < 4.78 is 25.7. The number of nitrogens with one attached hydrogen (secondary N) is 2. The molecule has 8 nitrogen and oxygen atoms in total. The molecule has 0 bridgehead atoms. The van der Waals surface area contributed by atoms with E-state index in [-0.39, 0.29) is 29.1 Å². The van der Waals surface area contributed by atoms with Crippen molar-refractivity contribution >= 4 is 26.8 Å². The van der Waals surface area contributed by atoms with Crippen molar-refractivity contribution in [3.8, 4) is 11.3 Å². The summed E-state index contributed by atoms with van der Waals surface area (Å²) in [4.78, 5) is 20.6. The Kier molecular flexibility index (Phi) is 5.26. The van der Waals surface area contributed by atoms with Crippen molar-refractivity contribution in [1.29, 1.82) is 0 Å². The second-order valence-corrected chi connectivity index (χ2v) is 10.2. The van der Waals surface area contributed by atoms with Gasteiger partial charge in [-0.3, -0.25) is 9.48 Å². The van der Waals surface area contributed by atoms with Gasteiger partial charge < -0.3 is 10.3 Å². The summed E-state index contributed by atoms with van der Waals surface area (Å²) in [6.07, 6.45) is 1.06. The molecule has 1 amide bonds. The van der Waals surface area contributed by atoms with Gasteiger partial charge in [-0.2, -0.15) is 5.10 Å². The number of benzene rings is 2. The third-order valence-corrected chi connectivity index (χ3v) is 7.43. The highest BCUT2D eigenvalue weighted by Gasteiger charge is 2.32. The number of nitrogens with zero attached hydrogens (tertiary/aromatic N) is 3. The minimum Gasteiger partial charge on any atom is -0.350 e. The highest BCUT2D eigenvalue weighted by Crippen LogP contribution is 2.30. The fourth-order valence-corrected chi connectivity index (χ4v) is 5.78. The van der Waals surface area contributed by atoms with Gasteiger partial charge in [-0.15, -0.1) is 0 Å². The molecular formula is C23H23N5O3S. The van der Waals surface area contributed by atoms with E-state index in [4.69, 9.17) is 0 Å². The molecule has 1 saturated heterocycles. The summed E-state index contributed by atoms with van der Waals surface area (Å²) >= 11 is 0. The first kappa shape index (κ1) is 20.4. The molecule has 164 valence electrons. The zero-order chi connectivity index (χ0) is 22.1. The molecule has 1 fully saturated rings. The predicted molar refractivity (Wildman–Crippen MR) is 122 cm³/mol. The number of fused-ring (bicyclic) bond motifs is 1. The van der Waals surface area contributed by atoms with Crippen LogP contribution in [0.15, 0.2) is 60.7 Å². The first-order valence-corrected chi connectivity index (χ1v) is 12.4. The Hall–Kier alpha value is -3.46. The van der Waals surface area contributed by atoms with Gasteiger partial charge in [0.15, 0.2) is 15.5 Å². The minimum absolute atomic E-state index is 0.0433. The predicted octanol–water partition coefficient (Wildman–Crippen LogP) is 2.76. The molecule has 1 aliphatic heterocycles. The lowest BCUT2D eigenvalue weighted by molar-refractivity contribution is 0.0948. The average molecular weight is 450 g/mol. The van der Waals surface area contributed by atoms with Gasteiger partial charge in [0.1, 0.15) is 5.82 Å². The fourth-order valence-electron chi connectivity index (χ4n) is 4.09. The molecular weight excluding hydrogens is 426 g/mol. The highest BCUT2D eigenvalue weighted by atomic mass is 32.2. The molecule has 1 unspecified atom stereocenters. The van der Waals surface area contributed by atoms with E-state index in [0.717, 1.165) is 28.1 Å². The van der Waals surface area contributed by atoms with Gasteiger partial charge in [0.2, 0.25) is 0 Å². The zero-order valence-electron chi connectivity index (χ0n) is 17.4. The number of sulfone groups is 1. The smallest absolute Gasteiger partial charge is 0.271 e. The van der Waals surface area contributed by atoms with E-state index < -0.39 is 9.84 Å². The normalized spacial score (nSPS) is 17.6. The standard InChI is InChI=1S/C23H23N5O3S/c29-23(24-12-10-22-25-18-8-4-5-9-19(18)26-22)20-14-21(16-6-2-1-3-7-16)28(27-20)17-11-13-32(30,31)15-17/h1-9,14,17H,10-13,15H2,(H,24,29)(H,25,26). The van der Waals surface area contributed by atoms with E-state index in [2.05, 4.69) is 20.4 Å². The lowest BCUT2D eigenvalue weighted by atomic mass is 10.1. The van der Waals surface area contributed by atoms with Gasteiger partial charge in [0.05, 0.1) is 34.3 Å². The molecule has 4 aromatic rings. The Balaban J connectivity index is 1.34. The maximum atomic E-state index is 12.8. The molecule has 0 aliphatic carbocycles. The number of H-pyrrole nitrogens is 1. The van der Waals surface area contributed by atoms with Crippen LogP contribution in [0.4, 0.5) is 0 Å². The number of para-hydroxylation sites is 2.